The van der Waals surface area contributed by atoms with Gasteiger partial charge in [-0.15, -0.1) is 21.5 Å². The number of nitrogen functional groups attached to an aromatic ring is 1. The van der Waals surface area contributed by atoms with Crippen molar-refractivity contribution >= 4 is 68.3 Å². The predicted octanol–water partition coefficient (Wildman–Crippen LogP) is 3.67. The lowest BCUT2D eigenvalue weighted by atomic mass is 10.2. The van der Waals surface area contributed by atoms with Crippen LogP contribution in [-0.2, 0) is 21.4 Å². The zero-order valence-corrected chi connectivity index (χ0v) is 20.2. The summed E-state index contributed by atoms with van der Waals surface area (Å²) in [5.74, 6) is 0.650. The largest absolute Gasteiger partial charge is 0.468 e. The molecular weight excluding hydrogens is 480 g/mol. The maximum Gasteiger partial charge on any atom is 0.316 e. The van der Waals surface area contributed by atoms with Crippen molar-refractivity contribution in [2.75, 3.05) is 29.7 Å². The topological polar surface area (TPSA) is 125 Å². The Balaban J connectivity index is 1.36. The Morgan fingerprint density at radius 3 is 2.67 bits per heavy atom. The van der Waals surface area contributed by atoms with Crippen LogP contribution >= 0.6 is 34.9 Å². The van der Waals surface area contributed by atoms with Gasteiger partial charge in [-0.1, -0.05) is 23.5 Å². The van der Waals surface area contributed by atoms with E-state index in [2.05, 4.69) is 25.2 Å². The normalized spacial score (nSPS) is 11.0. The van der Waals surface area contributed by atoms with E-state index in [9.17, 15) is 9.59 Å². The van der Waals surface area contributed by atoms with E-state index in [-0.39, 0.29) is 23.4 Å². The number of nitrogens with one attached hydrogen (secondary N) is 1. The Morgan fingerprint density at radius 1 is 1.12 bits per heavy atom. The molecule has 0 unspecified atom stereocenters. The third kappa shape index (κ3) is 5.64. The lowest BCUT2D eigenvalue weighted by Crippen LogP contribution is -2.14. The van der Waals surface area contributed by atoms with Gasteiger partial charge in [0.05, 0.1) is 28.8 Å². The second kappa shape index (κ2) is 10.2. The van der Waals surface area contributed by atoms with E-state index in [1.807, 2.05) is 48.0 Å². The van der Waals surface area contributed by atoms with E-state index in [1.165, 1.54) is 42.0 Å². The molecule has 0 aliphatic heterocycles. The summed E-state index contributed by atoms with van der Waals surface area (Å²) >= 11 is 4.10. The number of fused-ring (bicyclic) bond motifs is 1. The molecule has 0 saturated heterocycles. The minimum absolute atomic E-state index is 0.152. The van der Waals surface area contributed by atoms with Gasteiger partial charge in [0.25, 0.3) is 0 Å². The number of hydrogen-bond donors (Lipinski definition) is 2. The minimum atomic E-state index is -0.298. The molecule has 0 bridgehead atoms. The molecule has 12 heteroatoms. The molecule has 0 aliphatic rings. The summed E-state index contributed by atoms with van der Waals surface area (Å²) < 4.78 is 8.20. The highest BCUT2D eigenvalue weighted by Gasteiger charge is 2.14. The van der Waals surface area contributed by atoms with Gasteiger partial charge in [-0.05, 0) is 42.5 Å². The van der Waals surface area contributed by atoms with Crippen LogP contribution in [0, 0.1) is 0 Å². The number of rotatable bonds is 8. The van der Waals surface area contributed by atoms with Crippen LogP contribution < -0.4 is 11.1 Å². The Hall–Kier alpha value is -3.09. The molecule has 0 atom stereocenters. The van der Waals surface area contributed by atoms with Crippen LogP contribution in [0.1, 0.15) is 0 Å². The van der Waals surface area contributed by atoms with Crippen LogP contribution in [0.3, 0.4) is 0 Å². The summed E-state index contributed by atoms with van der Waals surface area (Å²) in [6.45, 7) is 0. The number of aromatic nitrogens is 4. The number of esters is 1. The number of benzene rings is 2. The molecule has 2 aromatic carbocycles. The van der Waals surface area contributed by atoms with Crippen molar-refractivity contribution in [2.45, 2.75) is 9.50 Å². The van der Waals surface area contributed by atoms with Crippen LogP contribution in [0.5, 0.6) is 0 Å². The summed E-state index contributed by atoms with van der Waals surface area (Å²) in [5.41, 5.74) is 8.82. The Morgan fingerprint density at radius 2 is 1.91 bits per heavy atom. The molecule has 33 heavy (non-hydrogen) atoms. The summed E-state index contributed by atoms with van der Waals surface area (Å²) in [5, 5.41) is 12.0. The van der Waals surface area contributed by atoms with Crippen molar-refractivity contribution < 1.29 is 14.3 Å². The number of carbonyl (C=O) groups excluding carboxylic acids is 2. The van der Waals surface area contributed by atoms with Crippen molar-refractivity contribution in [3.8, 4) is 11.4 Å². The zero-order chi connectivity index (χ0) is 23.4. The van der Waals surface area contributed by atoms with Crippen molar-refractivity contribution in [3.63, 3.8) is 0 Å². The molecule has 0 fully saturated rings. The molecule has 4 rings (SSSR count). The van der Waals surface area contributed by atoms with E-state index < -0.39 is 0 Å². The maximum atomic E-state index is 12.5. The number of thiazole rings is 1. The molecule has 2 aromatic heterocycles. The molecule has 170 valence electrons. The quantitative estimate of drug-likeness (QED) is 0.212. The summed E-state index contributed by atoms with van der Waals surface area (Å²) in [7, 11) is 3.22. The van der Waals surface area contributed by atoms with Crippen molar-refractivity contribution in [3.05, 3.63) is 42.5 Å². The Bertz CT molecular complexity index is 1300. The van der Waals surface area contributed by atoms with Gasteiger partial charge in [-0.2, -0.15) is 0 Å². The zero-order valence-electron chi connectivity index (χ0n) is 17.8. The third-order valence-corrected chi connectivity index (χ3v) is 7.68. The SMILES string of the molecule is COC(=O)CSc1nc2ccc(NC(=O)CSc3nnc(-c4ccc(N)cc4)n3C)cc2s1. The first kappa shape index (κ1) is 23.1. The highest BCUT2D eigenvalue weighted by Crippen LogP contribution is 2.31. The second-order valence-corrected chi connectivity index (χ2v) is 10.0. The lowest BCUT2D eigenvalue weighted by Gasteiger charge is -2.06. The molecule has 0 spiro atoms. The van der Waals surface area contributed by atoms with E-state index in [0.717, 1.165) is 20.1 Å². The molecule has 0 aliphatic carbocycles. The summed E-state index contributed by atoms with van der Waals surface area (Å²) in [4.78, 5) is 28.3. The highest BCUT2D eigenvalue weighted by atomic mass is 32.2. The molecule has 1 amide bonds. The number of hydrogen-bond acceptors (Lipinski definition) is 10. The van der Waals surface area contributed by atoms with Crippen LogP contribution in [0.15, 0.2) is 52.0 Å². The first-order valence-corrected chi connectivity index (χ1v) is 12.5. The standard InChI is InChI=1S/C21H20N6O3S3/c1-27-19(12-3-5-13(22)6-4-12)25-26-20(27)31-10-17(28)23-14-7-8-15-16(9-14)33-21(24-15)32-11-18(29)30-2/h3-9H,10-11,22H2,1-2H3,(H,23,28). The van der Waals surface area contributed by atoms with Gasteiger partial charge in [-0.25, -0.2) is 4.98 Å². The number of nitrogens with two attached hydrogens (primary N) is 1. The number of nitrogens with zero attached hydrogens (tertiary/aromatic N) is 4. The van der Waals surface area contributed by atoms with E-state index in [0.29, 0.717) is 22.4 Å². The average Bonchev–Trinajstić information content (AvgIpc) is 3.39. The van der Waals surface area contributed by atoms with Crippen LogP contribution in [0.25, 0.3) is 21.6 Å². The average molecular weight is 501 g/mol. The van der Waals surface area contributed by atoms with Crippen molar-refractivity contribution in [1.82, 2.24) is 19.7 Å². The van der Waals surface area contributed by atoms with Gasteiger partial charge in [0, 0.05) is 24.0 Å². The predicted molar refractivity (Wildman–Crippen MR) is 133 cm³/mol. The Kier molecular flexibility index (Phi) is 7.16. The first-order chi connectivity index (χ1) is 15.9. The fourth-order valence-electron chi connectivity index (χ4n) is 2.87. The number of amides is 1. The number of thioether (sulfide) groups is 2. The molecule has 9 nitrogen and oxygen atoms in total. The molecule has 0 saturated carbocycles. The van der Waals surface area contributed by atoms with E-state index in [1.54, 1.807) is 6.07 Å². The highest BCUT2D eigenvalue weighted by molar-refractivity contribution is 8.01. The smallest absolute Gasteiger partial charge is 0.316 e. The number of ether oxygens (including phenoxy) is 1. The van der Waals surface area contributed by atoms with Gasteiger partial charge in [-0.3, -0.25) is 9.59 Å². The number of anilines is 2. The molecule has 3 N–H and O–H groups in total. The summed E-state index contributed by atoms with van der Waals surface area (Å²) in [6.07, 6.45) is 0. The van der Waals surface area contributed by atoms with Crippen molar-refractivity contribution in [2.24, 2.45) is 7.05 Å². The molecular formula is C21H20N6O3S3. The van der Waals surface area contributed by atoms with Crippen LogP contribution in [0.4, 0.5) is 11.4 Å². The second-order valence-electron chi connectivity index (χ2n) is 6.85. The fraction of sp³-hybridized carbons (Fsp3) is 0.190. The number of methoxy groups -OCH3 is 1. The van der Waals surface area contributed by atoms with Gasteiger partial charge >= 0.3 is 5.97 Å². The van der Waals surface area contributed by atoms with Gasteiger partial charge < -0.3 is 20.4 Å². The van der Waals surface area contributed by atoms with E-state index in [4.69, 9.17) is 5.73 Å². The molecule has 2 heterocycles. The number of carbonyl (C=O) groups is 2. The van der Waals surface area contributed by atoms with Gasteiger partial charge in [0.2, 0.25) is 5.91 Å². The van der Waals surface area contributed by atoms with Gasteiger partial charge in [0.15, 0.2) is 15.3 Å². The van der Waals surface area contributed by atoms with E-state index >= 15 is 0 Å². The molecule has 0 radical (unpaired) electrons. The van der Waals surface area contributed by atoms with Crippen molar-refractivity contribution in [1.29, 1.82) is 0 Å². The first-order valence-electron chi connectivity index (χ1n) is 9.71. The minimum Gasteiger partial charge on any atom is -0.468 e. The molecule has 4 aromatic rings. The lowest BCUT2D eigenvalue weighted by molar-refractivity contribution is -0.137. The maximum absolute atomic E-state index is 12.5. The monoisotopic (exact) mass is 500 g/mol. The Labute approximate surface area is 202 Å². The fourth-order valence-corrected chi connectivity index (χ4v) is 5.53. The summed E-state index contributed by atoms with van der Waals surface area (Å²) in [6, 6.07) is 12.9. The van der Waals surface area contributed by atoms with Crippen LogP contribution in [-0.4, -0.2) is 50.2 Å². The third-order valence-electron chi connectivity index (χ3n) is 4.53. The van der Waals surface area contributed by atoms with Crippen LogP contribution in [0.2, 0.25) is 0 Å². The van der Waals surface area contributed by atoms with Gasteiger partial charge in [0.1, 0.15) is 0 Å².